The Morgan fingerprint density at radius 3 is 2.60 bits per heavy atom. The van der Waals surface area contributed by atoms with Crippen molar-refractivity contribution >= 4 is 27.3 Å². The molecule has 2 aromatic carbocycles. The van der Waals surface area contributed by atoms with Crippen molar-refractivity contribution in [3.63, 3.8) is 0 Å². The van der Waals surface area contributed by atoms with E-state index in [1.807, 2.05) is 31.2 Å². The Morgan fingerprint density at radius 1 is 1.20 bits per heavy atom. The highest BCUT2D eigenvalue weighted by Gasteiger charge is 2.18. The maximum atomic E-state index is 12.3. The van der Waals surface area contributed by atoms with Crippen LogP contribution in [0.1, 0.15) is 17.5 Å². The quantitative estimate of drug-likeness (QED) is 0.799. The molecule has 0 bridgehead atoms. The third-order valence-electron chi connectivity index (χ3n) is 3.65. The second-order valence-electron chi connectivity index (χ2n) is 5.63. The van der Waals surface area contributed by atoms with Crippen LogP contribution in [0.4, 0.5) is 0 Å². The molecule has 0 unspecified atom stereocenters. The normalized spacial score (nSPS) is 11.2. The summed E-state index contributed by atoms with van der Waals surface area (Å²) in [6, 6.07) is 12.0. The van der Waals surface area contributed by atoms with Gasteiger partial charge in [0, 0.05) is 13.0 Å². The van der Waals surface area contributed by atoms with Crippen molar-refractivity contribution in [2.24, 2.45) is 0 Å². The summed E-state index contributed by atoms with van der Waals surface area (Å²) in [7, 11) is -2.14. The van der Waals surface area contributed by atoms with Gasteiger partial charge in [-0.25, -0.2) is 8.42 Å². The number of carbonyl (C=O) groups is 1. The summed E-state index contributed by atoms with van der Waals surface area (Å²) in [6.07, 6.45) is -0.113. The number of ether oxygens (including phenoxy) is 1. The number of carbonyl (C=O) groups excluding carboxylic acids is 1. The Kier molecular flexibility index (Phi) is 6.45. The minimum Gasteiger partial charge on any atom is -0.495 e. The molecule has 1 amide bonds. The summed E-state index contributed by atoms with van der Waals surface area (Å²) >= 11 is 5.96. The fraction of sp³-hybridized carbons (Fsp3) is 0.278. The Balaban J connectivity index is 1.92. The van der Waals surface area contributed by atoms with Crippen LogP contribution in [0.25, 0.3) is 0 Å². The van der Waals surface area contributed by atoms with E-state index in [1.54, 1.807) is 0 Å². The topological polar surface area (TPSA) is 72.5 Å². The molecular formula is C18H20ClNO4S. The van der Waals surface area contributed by atoms with Gasteiger partial charge in [0.15, 0.2) is 9.84 Å². The number of nitrogens with one attached hydrogen (secondary N) is 1. The maximum absolute atomic E-state index is 12.3. The van der Waals surface area contributed by atoms with Gasteiger partial charge in [0.1, 0.15) is 5.75 Å². The van der Waals surface area contributed by atoms with Crippen molar-refractivity contribution in [3.8, 4) is 5.75 Å². The Hall–Kier alpha value is -2.05. The van der Waals surface area contributed by atoms with Crippen molar-refractivity contribution in [1.82, 2.24) is 5.32 Å². The van der Waals surface area contributed by atoms with Gasteiger partial charge in [-0.2, -0.15) is 0 Å². The molecular weight excluding hydrogens is 362 g/mol. The van der Waals surface area contributed by atoms with E-state index >= 15 is 0 Å². The third-order valence-corrected chi connectivity index (χ3v) is 5.66. The highest BCUT2D eigenvalue weighted by Crippen LogP contribution is 2.27. The second-order valence-corrected chi connectivity index (χ2v) is 8.15. The Labute approximate surface area is 152 Å². The highest BCUT2D eigenvalue weighted by molar-refractivity contribution is 7.91. The molecule has 0 atom stereocenters. The number of aryl methyl sites for hydroxylation is 1. The van der Waals surface area contributed by atoms with Crippen molar-refractivity contribution in [3.05, 3.63) is 58.6 Å². The molecule has 2 aromatic rings. The smallest absolute Gasteiger partial charge is 0.221 e. The number of hydrogen-bond donors (Lipinski definition) is 1. The van der Waals surface area contributed by atoms with E-state index in [9.17, 15) is 13.2 Å². The molecule has 134 valence electrons. The summed E-state index contributed by atoms with van der Waals surface area (Å²) in [5.74, 6) is -0.198. The lowest BCUT2D eigenvalue weighted by atomic mass is 10.1. The van der Waals surface area contributed by atoms with E-state index in [0.717, 1.165) is 11.1 Å². The zero-order valence-electron chi connectivity index (χ0n) is 14.1. The minimum atomic E-state index is -3.59. The lowest BCUT2D eigenvalue weighted by Gasteiger charge is -2.08. The van der Waals surface area contributed by atoms with Gasteiger partial charge < -0.3 is 10.1 Å². The van der Waals surface area contributed by atoms with Crippen molar-refractivity contribution < 1.29 is 17.9 Å². The molecule has 0 aromatic heterocycles. The summed E-state index contributed by atoms with van der Waals surface area (Å²) in [5.41, 5.74) is 2.07. The van der Waals surface area contributed by atoms with Crippen LogP contribution in [-0.2, 0) is 21.2 Å². The first-order valence-electron chi connectivity index (χ1n) is 7.70. The van der Waals surface area contributed by atoms with Crippen molar-refractivity contribution in [2.45, 2.75) is 24.8 Å². The molecule has 0 heterocycles. The van der Waals surface area contributed by atoms with Crippen LogP contribution in [0.15, 0.2) is 47.4 Å². The van der Waals surface area contributed by atoms with Gasteiger partial charge in [0.25, 0.3) is 0 Å². The summed E-state index contributed by atoms with van der Waals surface area (Å²) in [5, 5.41) is 2.95. The predicted molar refractivity (Wildman–Crippen MR) is 97.7 cm³/mol. The number of sulfone groups is 1. The first-order valence-corrected chi connectivity index (χ1v) is 9.73. The molecule has 0 aliphatic carbocycles. The van der Waals surface area contributed by atoms with Crippen LogP contribution in [0, 0.1) is 6.92 Å². The highest BCUT2D eigenvalue weighted by atomic mass is 35.5. The summed E-state index contributed by atoms with van der Waals surface area (Å²) < 4.78 is 29.7. The summed E-state index contributed by atoms with van der Waals surface area (Å²) in [6.45, 7) is 2.34. The molecule has 0 fully saturated rings. The zero-order valence-corrected chi connectivity index (χ0v) is 15.7. The van der Waals surface area contributed by atoms with Crippen LogP contribution >= 0.6 is 11.6 Å². The fourth-order valence-corrected chi connectivity index (χ4v) is 3.88. The Morgan fingerprint density at radius 2 is 1.96 bits per heavy atom. The van der Waals surface area contributed by atoms with E-state index < -0.39 is 9.84 Å². The van der Waals surface area contributed by atoms with Crippen LogP contribution in [0.5, 0.6) is 5.75 Å². The van der Waals surface area contributed by atoms with E-state index in [1.165, 1.54) is 25.3 Å². The fourth-order valence-electron chi connectivity index (χ4n) is 2.30. The average Bonchev–Trinajstić information content (AvgIpc) is 2.58. The van der Waals surface area contributed by atoms with E-state index in [2.05, 4.69) is 5.32 Å². The molecule has 0 aliphatic heterocycles. The van der Waals surface area contributed by atoms with E-state index in [-0.39, 0.29) is 28.0 Å². The largest absolute Gasteiger partial charge is 0.495 e. The lowest BCUT2D eigenvalue weighted by Crippen LogP contribution is -2.25. The van der Waals surface area contributed by atoms with Crippen LogP contribution in [0.3, 0.4) is 0 Å². The first-order chi connectivity index (χ1) is 11.8. The molecule has 0 aliphatic rings. The number of rotatable bonds is 7. The molecule has 25 heavy (non-hydrogen) atoms. The number of benzene rings is 2. The van der Waals surface area contributed by atoms with Gasteiger partial charge in [-0.3, -0.25) is 4.79 Å². The molecule has 0 radical (unpaired) electrons. The van der Waals surface area contributed by atoms with Gasteiger partial charge in [0.2, 0.25) is 5.91 Å². The van der Waals surface area contributed by atoms with E-state index in [4.69, 9.17) is 16.3 Å². The van der Waals surface area contributed by atoms with Gasteiger partial charge in [-0.05, 0) is 30.7 Å². The van der Waals surface area contributed by atoms with Crippen LogP contribution < -0.4 is 10.1 Å². The van der Waals surface area contributed by atoms with Crippen molar-refractivity contribution in [2.75, 3.05) is 12.9 Å². The number of halogens is 1. The molecule has 7 heteroatoms. The lowest BCUT2D eigenvalue weighted by molar-refractivity contribution is -0.120. The van der Waals surface area contributed by atoms with E-state index in [0.29, 0.717) is 12.3 Å². The van der Waals surface area contributed by atoms with Gasteiger partial charge in [-0.15, -0.1) is 0 Å². The molecule has 1 N–H and O–H groups in total. The standard InChI is InChI=1S/C18H20ClNO4S/c1-13-4-3-5-14(10-13)12-20-18(21)8-9-25(22,23)15-6-7-17(24-2)16(19)11-15/h3-7,10-11H,8-9,12H2,1-2H3,(H,20,21). The Bertz CT molecular complexity index is 865. The second kappa shape index (κ2) is 8.36. The van der Waals surface area contributed by atoms with Gasteiger partial charge in [-0.1, -0.05) is 41.4 Å². The average molecular weight is 382 g/mol. The first kappa shape index (κ1) is 19.3. The van der Waals surface area contributed by atoms with Crippen LogP contribution in [0.2, 0.25) is 5.02 Å². The monoisotopic (exact) mass is 381 g/mol. The number of amides is 1. The van der Waals surface area contributed by atoms with Crippen LogP contribution in [-0.4, -0.2) is 27.2 Å². The van der Waals surface area contributed by atoms with Gasteiger partial charge in [0.05, 0.1) is 22.8 Å². The molecule has 0 saturated heterocycles. The molecule has 5 nitrogen and oxygen atoms in total. The molecule has 2 rings (SSSR count). The number of methoxy groups -OCH3 is 1. The predicted octanol–water partition coefficient (Wildman–Crippen LogP) is 3.14. The zero-order chi connectivity index (χ0) is 18.4. The number of hydrogen-bond acceptors (Lipinski definition) is 4. The molecule has 0 spiro atoms. The van der Waals surface area contributed by atoms with Gasteiger partial charge >= 0.3 is 0 Å². The minimum absolute atomic E-state index is 0.0739. The SMILES string of the molecule is COc1ccc(S(=O)(=O)CCC(=O)NCc2cccc(C)c2)cc1Cl. The van der Waals surface area contributed by atoms with Crippen molar-refractivity contribution in [1.29, 1.82) is 0 Å². The maximum Gasteiger partial charge on any atom is 0.221 e. The summed E-state index contributed by atoms with van der Waals surface area (Å²) in [4.78, 5) is 12.0. The third kappa shape index (κ3) is 5.47. The molecule has 0 saturated carbocycles.